The number of nitrogens with zero attached hydrogens (tertiary/aromatic N) is 5. The number of benzene rings is 2. The Morgan fingerprint density at radius 3 is 2.56 bits per heavy atom. The number of aliphatic imine (C=N–C) groups is 2. The van der Waals surface area contributed by atoms with Crippen LogP contribution in [0.15, 0.2) is 52.1 Å². The molecule has 0 amide bonds. The average molecular weight is 492 g/mol. The highest BCUT2D eigenvalue weighted by Gasteiger charge is 2.32. The van der Waals surface area contributed by atoms with Crippen LogP contribution in [0.4, 0.5) is 15.8 Å². The van der Waals surface area contributed by atoms with Crippen LogP contribution < -0.4 is 19.4 Å². The standard InChI is InChI=1S/C25H28FN5O3.C2H2/c1-3-27-16-29(4-2)21-10-5-18(23-24(21)34-17-33-23)15-22-25-28-11-12-30(31(25)13-14-32-22)20-8-6-19(26)7-9-20;1-2/h5-10,15-16H,3-4,11-14,17H2,1-2H3;1-2H/b22-15-,27-16?;. The molecule has 5 rings (SSSR count). The first-order valence-corrected chi connectivity index (χ1v) is 11.9. The number of terminal acetylenes is 1. The van der Waals surface area contributed by atoms with Gasteiger partial charge in [0.05, 0.1) is 37.3 Å². The van der Waals surface area contributed by atoms with Crippen molar-refractivity contribution in [1.29, 1.82) is 0 Å². The maximum Gasteiger partial charge on any atom is 0.231 e. The number of amidine groups is 1. The number of hydrazine groups is 1. The zero-order valence-corrected chi connectivity index (χ0v) is 20.6. The van der Waals surface area contributed by atoms with E-state index >= 15 is 0 Å². The van der Waals surface area contributed by atoms with Crippen molar-refractivity contribution in [1.82, 2.24) is 5.01 Å². The Bertz CT molecular complexity index is 1180. The largest absolute Gasteiger partial charge is 0.488 e. The molecule has 0 N–H and O–H groups in total. The SMILES string of the molecule is C#C.CCN=CN(CC)c1ccc(/C=C2\OCCN3C2=NCCN3c2ccc(F)cc2)c2c1OCO2. The molecule has 3 heterocycles. The maximum atomic E-state index is 13.4. The van der Waals surface area contributed by atoms with Gasteiger partial charge in [-0.15, -0.1) is 12.8 Å². The molecule has 0 aliphatic carbocycles. The van der Waals surface area contributed by atoms with Crippen LogP contribution in [-0.2, 0) is 4.74 Å². The minimum absolute atomic E-state index is 0.164. The average Bonchev–Trinajstić information content (AvgIpc) is 3.42. The van der Waals surface area contributed by atoms with E-state index in [0.29, 0.717) is 43.5 Å². The maximum absolute atomic E-state index is 13.4. The summed E-state index contributed by atoms with van der Waals surface area (Å²) in [5, 5.41) is 4.22. The van der Waals surface area contributed by atoms with E-state index < -0.39 is 0 Å². The number of rotatable bonds is 6. The number of halogens is 1. The van der Waals surface area contributed by atoms with Crippen molar-refractivity contribution >= 4 is 29.6 Å². The Hall–Kier alpha value is -4.19. The first-order chi connectivity index (χ1) is 17.7. The molecule has 2 aromatic rings. The molecule has 0 bridgehead atoms. The number of morpholine rings is 1. The van der Waals surface area contributed by atoms with E-state index in [1.807, 2.05) is 36.4 Å². The van der Waals surface area contributed by atoms with Crippen LogP contribution in [0.5, 0.6) is 11.5 Å². The number of ether oxygens (including phenoxy) is 3. The molecule has 3 aliphatic rings. The molecule has 0 atom stereocenters. The van der Waals surface area contributed by atoms with Gasteiger partial charge in [-0.25, -0.2) is 4.39 Å². The summed E-state index contributed by atoms with van der Waals surface area (Å²) in [7, 11) is 0. The Labute approximate surface area is 211 Å². The summed E-state index contributed by atoms with van der Waals surface area (Å²) in [5.41, 5.74) is 2.70. The summed E-state index contributed by atoms with van der Waals surface area (Å²) in [6, 6.07) is 10.5. The minimum Gasteiger partial charge on any atom is -0.488 e. The number of fused-ring (bicyclic) bond motifs is 2. The van der Waals surface area contributed by atoms with Gasteiger partial charge in [0.1, 0.15) is 12.4 Å². The Morgan fingerprint density at radius 1 is 1.03 bits per heavy atom. The van der Waals surface area contributed by atoms with Crippen LogP contribution in [0, 0.1) is 18.7 Å². The van der Waals surface area contributed by atoms with Gasteiger partial charge in [-0.3, -0.25) is 20.0 Å². The predicted molar refractivity (Wildman–Crippen MR) is 141 cm³/mol. The van der Waals surface area contributed by atoms with E-state index in [2.05, 4.69) is 34.8 Å². The van der Waals surface area contributed by atoms with Crippen molar-refractivity contribution in [3.63, 3.8) is 0 Å². The predicted octanol–water partition coefficient (Wildman–Crippen LogP) is 4.19. The first-order valence-electron chi connectivity index (χ1n) is 11.9. The van der Waals surface area contributed by atoms with Gasteiger partial charge >= 0.3 is 0 Å². The van der Waals surface area contributed by atoms with Crippen molar-refractivity contribution in [2.45, 2.75) is 13.8 Å². The number of anilines is 2. The lowest BCUT2D eigenvalue weighted by molar-refractivity contribution is 0.160. The number of hydrogen-bond donors (Lipinski definition) is 0. The molecule has 0 radical (unpaired) electrons. The fraction of sp³-hybridized carbons (Fsp3) is 0.333. The van der Waals surface area contributed by atoms with Gasteiger partial charge in [-0.05, 0) is 56.3 Å². The Balaban J connectivity index is 0.00000148. The Morgan fingerprint density at radius 2 is 1.81 bits per heavy atom. The van der Waals surface area contributed by atoms with Gasteiger partial charge in [0.25, 0.3) is 0 Å². The second kappa shape index (κ2) is 11.5. The fourth-order valence-corrected chi connectivity index (χ4v) is 4.27. The minimum atomic E-state index is -0.251. The molecule has 3 aliphatic heterocycles. The lowest BCUT2D eigenvalue weighted by Crippen LogP contribution is -2.55. The molecule has 8 nitrogen and oxygen atoms in total. The van der Waals surface area contributed by atoms with E-state index in [4.69, 9.17) is 19.2 Å². The molecular formula is C27H30FN5O3. The van der Waals surface area contributed by atoms with Crippen LogP contribution in [0.3, 0.4) is 0 Å². The van der Waals surface area contributed by atoms with Crippen LogP contribution in [0.1, 0.15) is 19.4 Å². The highest BCUT2D eigenvalue weighted by atomic mass is 19.1. The summed E-state index contributed by atoms with van der Waals surface area (Å²) in [6.45, 7) is 8.21. The van der Waals surface area contributed by atoms with Crippen molar-refractivity contribution in [2.24, 2.45) is 9.98 Å². The van der Waals surface area contributed by atoms with Gasteiger partial charge in [-0.1, -0.05) is 0 Å². The fourth-order valence-electron chi connectivity index (χ4n) is 4.27. The molecule has 1 fully saturated rings. The summed E-state index contributed by atoms with van der Waals surface area (Å²) >= 11 is 0. The van der Waals surface area contributed by atoms with Crippen LogP contribution in [0.25, 0.3) is 6.08 Å². The van der Waals surface area contributed by atoms with Gasteiger partial charge in [0.15, 0.2) is 23.1 Å². The summed E-state index contributed by atoms with van der Waals surface area (Å²) in [6.07, 6.45) is 11.8. The quantitative estimate of drug-likeness (QED) is 0.343. The van der Waals surface area contributed by atoms with Crippen molar-refractivity contribution in [3.8, 4) is 24.3 Å². The lowest BCUT2D eigenvalue weighted by Gasteiger charge is -2.43. The summed E-state index contributed by atoms with van der Waals surface area (Å²) in [4.78, 5) is 11.2. The molecule has 2 aromatic carbocycles. The smallest absolute Gasteiger partial charge is 0.231 e. The van der Waals surface area contributed by atoms with Crippen LogP contribution >= 0.6 is 0 Å². The van der Waals surface area contributed by atoms with Gasteiger partial charge in [0.2, 0.25) is 6.79 Å². The normalized spacial score (nSPS) is 17.2. The summed E-state index contributed by atoms with van der Waals surface area (Å²) in [5.74, 6) is 2.55. The second-order valence-corrected chi connectivity index (χ2v) is 7.92. The third kappa shape index (κ3) is 4.93. The van der Waals surface area contributed by atoms with E-state index in [1.165, 1.54) is 12.1 Å². The highest BCUT2D eigenvalue weighted by molar-refractivity contribution is 6.02. The van der Waals surface area contributed by atoms with E-state index in [9.17, 15) is 4.39 Å². The van der Waals surface area contributed by atoms with E-state index in [-0.39, 0.29) is 12.6 Å². The first kappa shape index (κ1) is 24.9. The van der Waals surface area contributed by atoms with Gasteiger partial charge < -0.3 is 19.1 Å². The molecule has 0 aromatic heterocycles. The topological polar surface area (TPSA) is 62.1 Å². The molecule has 1 saturated heterocycles. The van der Waals surface area contributed by atoms with E-state index in [0.717, 1.165) is 35.9 Å². The second-order valence-electron chi connectivity index (χ2n) is 7.92. The van der Waals surface area contributed by atoms with Gasteiger partial charge in [-0.2, -0.15) is 0 Å². The zero-order valence-electron chi connectivity index (χ0n) is 20.6. The molecule has 188 valence electrons. The molecule has 0 saturated carbocycles. The zero-order chi connectivity index (χ0) is 25.5. The van der Waals surface area contributed by atoms with Crippen LogP contribution in [-0.4, -0.2) is 63.3 Å². The Kier molecular flexibility index (Phi) is 7.95. The highest BCUT2D eigenvalue weighted by Crippen LogP contribution is 2.44. The third-order valence-corrected chi connectivity index (χ3v) is 5.88. The lowest BCUT2D eigenvalue weighted by atomic mass is 10.1. The van der Waals surface area contributed by atoms with Crippen molar-refractivity contribution in [2.75, 3.05) is 56.0 Å². The molecule has 36 heavy (non-hydrogen) atoms. The monoisotopic (exact) mass is 491 g/mol. The van der Waals surface area contributed by atoms with Gasteiger partial charge in [0, 0.05) is 18.7 Å². The van der Waals surface area contributed by atoms with E-state index in [1.54, 1.807) is 12.1 Å². The third-order valence-electron chi connectivity index (χ3n) is 5.88. The number of hydrogen-bond acceptors (Lipinski definition) is 7. The molecular weight excluding hydrogens is 461 g/mol. The summed E-state index contributed by atoms with van der Waals surface area (Å²) < 4.78 is 31.2. The van der Waals surface area contributed by atoms with Crippen molar-refractivity contribution < 1.29 is 18.6 Å². The van der Waals surface area contributed by atoms with Crippen molar-refractivity contribution in [3.05, 3.63) is 53.5 Å². The molecule has 0 spiro atoms. The molecule has 0 unspecified atom stereocenters. The van der Waals surface area contributed by atoms with Crippen LogP contribution in [0.2, 0.25) is 0 Å². The molecule has 9 heteroatoms.